The first-order valence-corrected chi connectivity index (χ1v) is 9.02. The zero-order valence-corrected chi connectivity index (χ0v) is 16.3. The summed E-state index contributed by atoms with van der Waals surface area (Å²) in [4.78, 5) is 5.60. The van der Waals surface area contributed by atoms with E-state index in [0.29, 0.717) is 4.99 Å². The molecule has 1 aliphatic rings. The number of hydrogen-bond acceptors (Lipinski definition) is 3. The van der Waals surface area contributed by atoms with Crippen LogP contribution in [0.1, 0.15) is 30.5 Å². The highest BCUT2D eigenvalue weighted by molar-refractivity contribution is 9.10. The molecule has 1 N–H and O–H groups in total. The summed E-state index contributed by atoms with van der Waals surface area (Å²) in [7, 11) is 1.70. The van der Waals surface area contributed by atoms with Gasteiger partial charge >= 0.3 is 0 Å². The predicted octanol–water partition coefficient (Wildman–Crippen LogP) is 4.61. The molecule has 0 spiro atoms. The fourth-order valence-corrected chi connectivity index (χ4v) is 3.61. The van der Waals surface area contributed by atoms with Crippen LogP contribution in [0.15, 0.2) is 51.9 Å². The van der Waals surface area contributed by atoms with Crippen LogP contribution >= 0.6 is 28.1 Å². The summed E-state index contributed by atoms with van der Waals surface area (Å²) >= 11 is 9.01. The Morgan fingerprint density at radius 3 is 2.54 bits per heavy atom. The lowest BCUT2D eigenvalue weighted by atomic mass is 9.90. The predicted molar refractivity (Wildman–Crippen MR) is 106 cm³/mol. The van der Waals surface area contributed by atoms with Crippen LogP contribution in [0.4, 0.5) is 0 Å². The number of aryl methyl sites for hydroxylation is 1. The fourth-order valence-electron chi connectivity index (χ4n) is 3.02. The van der Waals surface area contributed by atoms with Crippen LogP contribution < -0.4 is 10.1 Å². The lowest BCUT2D eigenvalue weighted by Gasteiger charge is -2.29. The van der Waals surface area contributed by atoms with Crippen LogP contribution in [0, 0.1) is 0 Å². The van der Waals surface area contributed by atoms with Crippen molar-refractivity contribution in [3.05, 3.63) is 63.6 Å². The molecule has 1 unspecified atom stereocenters. The maximum Gasteiger partial charge on any atom is 0.182 e. The van der Waals surface area contributed by atoms with Gasteiger partial charge < -0.3 is 10.1 Å². The number of nitrogens with one attached hydrogen (secondary N) is 1. The second kappa shape index (κ2) is 6.65. The zero-order chi connectivity index (χ0) is 17.3. The van der Waals surface area contributed by atoms with E-state index in [1.807, 2.05) is 25.1 Å². The second-order valence-electron chi connectivity index (χ2n) is 5.75. The molecular formula is C19H19BrN2OS. The van der Waals surface area contributed by atoms with E-state index in [2.05, 4.69) is 52.4 Å². The largest absolute Gasteiger partial charge is 0.496 e. The average molecular weight is 403 g/mol. The molecule has 1 atom stereocenters. The molecule has 0 radical (unpaired) electrons. The van der Waals surface area contributed by atoms with E-state index in [4.69, 9.17) is 21.9 Å². The summed E-state index contributed by atoms with van der Waals surface area (Å²) in [6, 6.07) is 14.4. The Kier molecular flexibility index (Phi) is 4.74. The van der Waals surface area contributed by atoms with Gasteiger partial charge in [-0.2, -0.15) is 0 Å². The summed E-state index contributed by atoms with van der Waals surface area (Å²) in [6.45, 7) is 4.06. The molecule has 124 valence electrons. The van der Waals surface area contributed by atoms with Crippen molar-refractivity contribution in [2.24, 2.45) is 4.99 Å². The molecule has 0 aliphatic carbocycles. The highest BCUT2D eigenvalue weighted by Gasteiger charge is 2.40. The molecule has 2 aromatic carbocycles. The number of halogens is 1. The summed E-state index contributed by atoms with van der Waals surface area (Å²) in [6.07, 6.45) is 0.888. The molecule has 1 aliphatic heterocycles. The minimum absolute atomic E-state index is 0.684. The van der Waals surface area contributed by atoms with Crippen molar-refractivity contribution in [3.63, 3.8) is 0 Å². The van der Waals surface area contributed by atoms with E-state index in [0.717, 1.165) is 39.0 Å². The normalized spacial score (nSPS) is 19.8. The van der Waals surface area contributed by atoms with E-state index in [9.17, 15) is 0 Å². The quantitative estimate of drug-likeness (QED) is 0.757. The molecule has 1 heterocycles. The number of aliphatic imine (C=N–C) groups is 1. The van der Waals surface area contributed by atoms with Crippen molar-refractivity contribution in [1.82, 2.24) is 5.32 Å². The van der Waals surface area contributed by atoms with Crippen LogP contribution in [0.3, 0.4) is 0 Å². The van der Waals surface area contributed by atoms with Crippen molar-refractivity contribution < 1.29 is 4.74 Å². The number of nitrogens with zero attached hydrogens (tertiary/aromatic N) is 1. The number of benzene rings is 2. The number of thiocarbonyl (C=S) groups is 1. The van der Waals surface area contributed by atoms with Crippen LogP contribution in [-0.2, 0) is 12.1 Å². The van der Waals surface area contributed by atoms with Gasteiger partial charge in [0.2, 0.25) is 0 Å². The molecule has 0 fully saturated rings. The maximum absolute atomic E-state index is 5.46. The van der Waals surface area contributed by atoms with Crippen molar-refractivity contribution in [2.45, 2.75) is 25.9 Å². The summed E-state index contributed by atoms with van der Waals surface area (Å²) in [5.41, 5.74) is 3.40. The molecule has 0 saturated heterocycles. The Bertz CT molecular complexity index is 834. The van der Waals surface area contributed by atoms with Gasteiger partial charge in [-0.1, -0.05) is 53.3 Å². The third-order valence-electron chi connectivity index (χ3n) is 4.28. The topological polar surface area (TPSA) is 33.6 Å². The summed E-state index contributed by atoms with van der Waals surface area (Å²) in [5, 5.41) is 3.43. The second-order valence-corrected chi connectivity index (χ2v) is 7.08. The van der Waals surface area contributed by atoms with E-state index in [1.165, 1.54) is 0 Å². The summed E-state index contributed by atoms with van der Waals surface area (Å²) < 4.78 is 6.47. The Morgan fingerprint density at radius 1 is 1.21 bits per heavy atom. The van der Waals surface area contributed by atoms with Gasteiger partial charge in [0.05, 0.1) is 12.8 Å². The molecule has 0 aromatic heterocycles. The van der Waals surface area contributed by atoms with E-state index in [-0.39, 0.29) is 0 Å². The lowest BCUT2D eigenvalue weighted by molar-refractivity contribution is 0.409. The van der Waals surface area contributed by atoms with Crippen LogP contribution in [0.5, 0.6) is 5.75 Å². The standard InChI is InChI=1S/C19H19BrN2OS/c1-4-13-10-15(8-9-17(13)23-3)19(21-12(2)18(24)22-19)14-6-5-7-16(20)11-14/h5-11H,4H2,1-3H3,(H,22,24). The smallest absolute Gasteiger partial charge is 0.182 e. The molecule has 0 saturated carbocycles. The van der Waals surface area contributed by atoms with Crippen molar-refractivity contribution in [2.75, 3.05) is 7.11 Å². The van der Waals surface area contributed by atoms with Gasteiger partial charge in [0.25, 0.3) is 0 Å². The molecular weight excluding hydrogens is 384 g/mol. The van der Waals surface area contributed by atoms with Crippen LogP contribution in [-0.4, -0.2) is 17.8 Å². The monoisotopic (exact) mass is 402 g/mol. The van der Waals surface area contributed by atoms with Gasteiger partial charge in [-0.05, 0) is 43.2 Å². The zero-order valence-electron chi connectivity index (χ0n) is 13.9. The Labute approximate surface area is 156 Å². The lowest BCUT2D eigenvalue weighted by Crippen LogP contribution is -2.40. The third-order valence-corrected chi connectivity index (χ3v) is 5.17. The van der Waals surface area contributed by atoms with Gasteiger partial charge in [0, 0.05) is 15.6 Å². The first kappa shape index (κ1) is 17.1. The third kappa shape index (κ3) is 2.87. The van der Waals surface area contributed by atoms with E-state index < -0.39 is 5.66 Å². The van der Waals surface area contributed by atoms with Gasteiger partial charge in [0.1, 0.15) is 10.7 Å². The van der Waals surface area contributed by atoms with Crippen LogP contribution in [0.25, 0.3) is 0 Å². The number of hydrogen-bond donors (Lipinski definition) is 1. The van der Waals surface area contributed by atoms with Gasteiger partial charge in [-0.3, -0.25) is 0 Å². The molecule has 2 aromatic rings. The van der Waals surface area contributed by atoms with Crippen molar-refractivity contribution in [1.29, 1.82) is 0 Å². The minimum atomic E-state index is -0.693. The number of methoxy groups -OCH3 is 1. The van der Waals surface area contributed by atoms with Crippen molar-refractivity contribution >= 4 is 38.8 Å². The van der Waals surface area contributed by atoms with E-state index in [1.54, 1.807) is 7.11 Å². The van der Waals surface area contributed by atoms with Gasteiger partial charge in [-0.25, -0.2) is 4.99 Å². The molecule has 3 nitrogen and oxygen atoms in total. The number of ether oxygens (including phenoxy) is 1. The SMILES string of the molecule is CCc1cc(C2(c3cccc(Br)c3)N=C(C)C(=S)N2)ccc1OC. The minimum Gasteiger partial charge on any atom is -0.496 e. The van der Waals surface area contributed by atoms with Gasteiger partial charge in [0.15, 0.2) is 5.66 Å². The first-order valence-electron chi connectivity index (χ1n) is 7.82. The Balaban J connectivity index is 2.22. The van der Waals surface area contributed by atoms with Crippen LogP contribution in [0.2, 0.25) is 0 Å². The molecule has 3 rings (SSSR count). The molecule has 0 bridgehead atoms. The molecule has 0 amide bonds. The van der Waals surface area contributed by atoms with Gasteiger partial charge in [-0.15, -0.1) is 0 Å². The molecule has 5 heteroatoms. The fraction of sp³-hybridized carbons (Fsp3) is 0.263. The van der Waals surface area contributed by atoms with E-state index >= 15 is 0 Å². The average Bonchev–Trinajstić information content (AvgIpc) is 2.90. The highest BCUT2D eigenvalue weighted by atomic mass is 79.9. The Morgan fingerprint density at radius 2 is 1.96 bits per heavy atom. The number of rotatable bonds is 4. The molecule has 24 heavy (non-hydrogen) atoms. The Hall–Kier alpha value is -1.72. The van der Waals surface area contributed by atoms with Crippen molar-refractivity contribution in [3.8, 4) is 5.75 Å². The maximum atomic E-state index is 5.46. The highest BCUT2D eigenvalue weighted by Crippen LogP contribution is 2.37. The first-order chi connectivity index (χ1) is 11.5. The summed E-state index contributed by atoms with van der Waals surface area (Å²) in [5.74, 6) is 0.895.